The first-order valence-electron chi connectivity index (χ1n) is 28.3. The normalized spacial score (nSPS) is 16.3. The molecule has 0 aromatic heterocycles. The average molecular weight is 1000 g/mol. The van der Waals surface area contributed by atoms with Crippen LogP contribution in [0.5, 0.6) is 23.0 Å². The van der Waals surface area contributed by atoms with E-state index in [2.05, 4.69) is 222 Å². The zero-order valence-electron chi connectivity index (χ0n) is 50.7. The van der Waals surface area contributed by atoms with Crippen molar-refractivity contribution in [1.82, 2.24) is 0 Å². The van der Waals surface area contributed by atoms with Crippen molar-refractivity contribution < 1.29 is 18.7 Å². The van der Waals surface area contributed by atoms with Crippen LogP contribution in [0.1, 0.15) is 297 Å². The van der Waals surface area contributed by atoms with Crippen molar-refractivity contribution in [3.8, 4) is 23.0 Å². The fourth-order valence-electron chi connectivity index (χ4n) is 9.72. The molecule has 4 nitrogen and oxygen atoms in total. The Hall–Kier alpha value is -3.49. The van der Waals surface area contributed by atoms with Crippen molar-refractivity contribution in [3.63, 3.8) is 0 Å². The lowest BCUT2D eigenvalue weighted by atomic mass is 9.72. The summed E-state index contributed by atoms with van der Waals surface area (Å²) in [5.41, 5.74) is 12.9. The van der Waals surface area contributed by atoms with Crippen LogP contribution in [0, 0.1) is 0 Å². The molecule has 1 aliphatic rings. The van der Waals surface area contributed by atoms with Gasteiger partial charge in [0, 0.05) is 45.7 Å². The summed E-state index contributed by atoms with van der Waals surface area (Å²) in [5, 5.41) is 12.6. The fourth-order valence-corrected chi connectivity index (χ4v) is 10.9. The summed E-state index contributed by atoms with van der Waals surface area (Å²) in [4.78, 5) is 0. The molecular weight excluding hydrogens is 900 g/mol. The van der Waals surface area contributed by atoms with Gasteiger partial charge in [0.05, 0.1) is 0 Å². The summed E-state index contributed by atoms with van der Waals surface area (Å²) in [6.07, 6.45) is 8.16. The Kier molecular flexibility index (Phi) is 17.5. The fraction of sp³-hybridized carbons (Fsp3) is 0.642. The van der Waals surface area contributed by atoms with E-state index in [1.54, 1.807) is 0 Å². The van der Waals surface area contributed by atoms with E-state index in [-0.39, 0.29) is 49.2 Å². The lowest BCUT2D eigenvalue weighted by Crippen LogP contribution is -2.26. The molecule has 4 aromatic carbocycles. The van der Waals surface area contributed by atoms with E-state index < -0.39 is 8.60 Å². The van der Waals surface area contributed by atoms with Crippen LogP contribution >= 0.6 is 8.60 Å². The molecule has 0 fully saturated rings. The van der Waals surface area contributed by atoms with Crippen molar-refractivity contribution in [2.75, 3.05) is 0 Å². The van der Waals surface area contributed by atoms with Crippen molar-refractivity contribution >= 4 is 8.60 Å². The number of phenolic OH excluding ortho intramolecular Hbond substituents is 1. The molecule has 0 atom stereocenters. The van der Waals surface area contributed by atoms with E-state index in [1.165, 1.54) is 44.5 Å². The van der Waals surface area contributed by atoms with Gasteiger partial charge in [0.25, 0.3) is 0 Å². The number of phenols is 1. The van der Waals surface area contributed by atoms with Crippen LogP contribution in [0.25, 0.3) is 0 Å². The minimum absolute atomic E-state index is 0.0323. The molecular formula is C67H103O4P. The van der Waals surface area contributed by atoms with Gasteiger partial charge in [0.1, 0.15) is 23.0 Å². The van der Waals surface area contributed by atoms with Gasteiger partial charge in [-0.1, -0.05) is 222 Å². The van der Waals surface area contributed by atoms with Gasteiger partial charge in [-0.15, -0.1) is 0 Å². The van der Waals surface area contributed by atoms with E-state index in [4.69, 9.17) is 13.6 Å². The van der Waals surface area contributed by atoms with Gasteiger partial charge in [-0.25, -0.2) is 0 Å². The monoisotopic (exact) mass is 1000 g/mol. The highest BCUT2D eigenvalue weighted by molar-refractivity contribution is 7.43. The minimum Gasteiger partial charge on any atom is -0.507 e. The molecule has 4 aromatic rings. The molecule has 400 valence electrons. The second kappa shape index (κ2) is 21.3. The van der Waals surface area contributed by atoms with Gasteiger partial charge in [-0.2, -0.15) is 0 Å². The van der Waals surface area contributed by atoms with Crippen molar-refractivity contribution in [2.24, 2.45) is 0 Å². The molecule has 0 saturated carbocycles. The van der Waals surface area contributed by atoms with E-state index in [0.717, 1.165) is 90.9 Å². The molecule has 5 heteroatoms. The molecule has 0 unspecified atom stereocenters. The summed E-state index contributed by atoms with van der Waals surface area (Å²) in [7, 11) is -2.13. The van der Waals surface area contributed by atoms with Crippen LogP contribution < -0.4 is 13.6 Å². The highest BCUT2D eigenvalue weighted by Gasteiger charge is 2.41. The average Bonchev–Trinajstić information content (AvgIpc) is 3.33. The van der Waals surface area contributed by atoms with Gasteiger partial charge >= 0.3 is 8.60 Å². The molecule has 1 aliphatic heterocycles. The highest BCUT2D eigenvalue weighted by Crippen LogP contribution is 2.58. The highest BCUT2D eigenvalue weighted by atomic mass is 31.2. The maximum atomic E-state index is 12.6. The second-order valence-corrected chi connectivity index (χ2v) is 28.2. The maximum absolute atomic E-state index is 12.6. The van der Waals surface area contributed by atoms with Crippen LogP contribution in [-0.4, -0.2) is 5.11 Å². The van der Waals surface area contributed by atoms with Gasteiger partial charge in [-0.3, -0.25) is 0 Å². The van der Waals surface area contributed by atoms with Crippen LogP contribution in [0.3, 0.4) is 0 Å². The van der Waals surface area contributed by atoms with E-state index in [0.29, 0.717) is 12.2 Å². The smallest absolute Gasteiger partial charge is 0.507 e. The predicted molar refractivity (Wildman–Crippen MR) is 313 cm³/mol. The summed E-state index contributed by atoms with van der Waals surface area (Å²) in [6.45, 7) is 58.2. The Morgan fingerprint density at radius 2 is 0.694 bits per heavy atom. The van der Waals surface area contributed by atoms with E-state index in [9.17, 15) is 5.11 Å². The van der Waals surface area contributed by atoms with E-state index >= 15 is 0 Å². The largest absolute Gasteiger partial charge is 0.530 e. The van der Waals surface area contributed by atoms with Crippen molar-refractivity contribution in [2.45, 2.75) is 280 Å². The molecule has 72 heavy (non-hydrogen) atoms. The minimum atomic E-state index is -2.13. The zero-order valence-corrected chi connectivity index (χ0v) is 51.6. The first kappa shape index (κ1) is 59.4. The van der Waals surface area contributed by atoms with Crippen LogP contribution in [-0.2, 0) is 49.7 Å². The number of rotatable bonds is 20. The Balaban J connectivity index is 2.00. The molecule has 5 rings (SSSR count). The molecule has 0 aliphatic carbocycles. The quantitative estimate of drug-likeness (QED) is 0.0897. The van der Waals surface area contributed by atoms with Gasteiger partial charge in [0.2, 0.25) is 0 Å². The zero-order chi connectivity index (χ0) is 54.5. The number of hydrogen-bond donors (Lipinski definition) is 1. The Bertz CT molecular complexity index is 2470. The summed E-state index contributed by atoms with van der Waals surface area (Å²) in [6, 6.07) is 19.2. The standard InChI is InChI=1S/C67H103O4P/c1-26-60(10,11)46-35-44(56(68)52(39-46)64(18,19)30-5)34-45-36-47(61(12,13)27-2)40-53(65(20,21)31-6)57(45)69-72-70-58-50(37-48(62(14,15)28-3)41-54(58)66(22,23)32-7)43(9)51-38-49(63(16,17)29-4)42-55(59(51)71-72)67(24,25)33-8/h35-43,68H,26-34H2,1-25H3. The van der Waals surface area contributed by atoms with Crippen molar-refractivity contribution in [3.05, 3.63) is 115 Å². The molecule has 0 saturated heterocycles. The molecule has 0 amide bonds. The predicted octanol–water partition coefficient (Wildman–Crippen LogP) is 20.7. The van der Waals surface area contributed by atoms with Gasteiger partial charge in [-0.05, 0) is 128 Å². The van der Waals surface area contributed by atoms with Gasteiger partial charge < -0.3 is 18.7 Å². The maximum Gasteiger partial charge on any atom is 0.530 e. The third-order valence-corrected chi connectivity index (χ3v) is 20.5. The summed E-state index contributed by atoms with van der Waals surface area (Å²) in [5.74, 6) is 2.93. The third-order valence-electron chi connectivity index (χ3n) is 19.5. The topological polar surface area (TPSA) is 47.9 Å². The number of benzene rings is 4. The Labute approximate surface area is 443 Å². The third kappa shape index (κ3) is 11.7. The number of hydrogen-bond acceptors (Lipinski definition) is 4. The Morgan fingerprint density at radius 1 is 0.403 bits per heavy atom. The Morgan fingerprint density at radius 3 is 1.06 bits per heavy atom. The number of aromatic hydroxyl groups is 1. The second-order valence-electron chi connectivity index (χ2n) is 27.2. The first-order valence-corrected chi connectivity index (χ1v) is 29.4. The molecule has 1 N–H and O–H groups in total. The lowest BCUT2D eigenvalue weighted by molar-refractivity contribution is 0.354. The lowest BCUT2D eigenvalue weighted by Gasteiger charge is -2.38. The van der Waals surface area contributed by atoms with Crippen LogP contribution in [0.2, 0.25) is 0 Å². The van der Waals surface area contributed by atoms with Crippen LogP contribution in [0.15, 0.2) is 48.5 Å². The van der Waals surface area contributed by atoms with Crippen LogP contribution in [0.4, 0.5) is 0 Å². The molecule has 0 bridgehead atoms. The molecule has 0 radical (unpaired) electrons. The van der Waals surface area contributed by atoms with Gasteiger partial charge in [0.15, 0.2) is 0 Å². The first-order chi connectivity index (χ1) is 33.1. The van der Waals surface area contributed by atoms with E-state index in [1.807, 2.05) is 0 Å². The SMILES string of the molecule is CCC(C)(C)c1cc(Cc2cc(C(C)(C)CC)cc(C(C)(C)CC)c2OP2Oc3c(cc(C(C)(C)CC)cc3C(C)(C)CC)C(C)c3cc(C(C)(C)CC)cc(C(C)(C)CC)c3O2)c(O)c(C(C)(C)CC)c1. The van der Waals surface area contributed by atoms with Crippen molar-refractivity contribution in [1.29, 1.82) is 0 Å². The number of fused-ring (bicyclic) bond motifs is 2. The molecule has 1 heterocycles. The summed E-state index contributed by atoms with van der Waals surface area (Å²) < 4.78 is 23.2. The summed E-state index contributed by atoms with van der Waals surface area (Å²) >= 11 is 0. The molecule has 0 spiro atoms.